The molecule has 0 amide bonds. The zero-order valence-electron chi connectivity index (χ0n) is 13.1. The molecular formula is C18H16O5S2. The minimum absolute atomic E-state index is 0.0232. The molecule has 5 nitrogen and oxygen atoms in total. The highest BCUT2D eigenvalue weighted by Gasteiger charge is 2.42. The predicted molar refractivity (Wildman–Crippen MR) is 94.0 cm³/mol. The fourth-order valence-corrected chi connectivity index (χ4v) is 5.34. The summed E-state index contributed by atoms with van der Waals surface area (Å²) in [5, 5.41) is 10.6. The third kappa shape index (κ3) is 3.06. The molecule has 130 valence electrons. The van der Waals surface area contributed by atoms with Gasteiger partial charge in [0.1, 0.15) is 0 Å². The molecule has 0 saturated heterocycles. The first-order chi connectivity index (χ1) is 11.8. The molecule has 0 aromatic heterocycles. The van der Waals surface area contributed by atoms with Gasteiger partial charge in [0.05, 0.1) is 14.7 Å². The number of benzene rings is 2. The second-order valence-corrected chi connectivity index (χ2v) is 9.76. The maximum Gasteiger partial charge on any atom is 0.211 e. The van der Waals surface area contributed by atoms with Crippen LogP contribution < -0.4 is 0 Å². The summed E-state index contributed by atoms with van der Waals surface area (Å²) in [5.41, 5.74) is 0. The number of rotatable bonds is 4. The number of aliphatic hydroxyl groups is 1. The van der Waals surface area contributed by atoms with E-state index in [0.29, 0.717) is 0 Å². The smallest absolute Gasteiger partial charge is 0.211 e. The molecule has 1 aliphatic carbocycles. The van der Waals surface area contributed by atoms with E-state index in [1.165, 1.54) is 30.3 Å². The van der Waals surface area contributed by atoms with Gasteiger partial charge in [0.25, 0.3) is 0 Å². The Morgan fingerprint density at radius 3 is 1.80 bits per heavy atom. The Hall–Kier alpha value is -2.22. The molecule has 2 aromatic rings. The molecule has 0 fully saturated rings. The molecule has 0 aliphatic heterocycles. The maximum absolute atomic E-state index is 12.7. The summed E-state index contributed by atoms with van der Waals surface area (Å²) in [7, 11) is -7.82. The Morgan fingerprint density at radius 1 is 0.800 bits per heavy atom. The van der Waals surface area contributed by atoms with Gasteiger partial charge in [-0.2, -0.15) is 0 Å². The van der Waals surface area contributed by atoms with Crippen LogP contribution in [0.4, 0.5) is 0 Å². The Labute approximate surface area is 146 Å². The molecule has 7 heteroatoms. The average Bonchev–Trinajstić information content (AvgIpc) is 2.63. The van der Waals surface area contributed by atoms with Gasteiger partial charge in [0, 0.05) is 6.42 Å². The van der Waals surface area contributed by atoms with Crippen molar-refractivity contribution in [3.63, 3.8) is 0 Å². The molecule has 1 N–H and O–H groups in total. The molecule has 2 aromatic carbocycles. The van der Waals surface area contributed by atoms with Crippen molar-refractivity contribution in [2.24, 2.45) is 0 Å². The van der Waals surface area contributed by atoms with Crippen LogP contribution in [-0.2, 0) is 19.7 Å². The van der Waals surface area contributed by atoms with Crippen LogP contribution in [0, 0.1) is 0 Å². The van der Waals surface area contributed by atoms with Crippen LogP contribution in [0.3, 0.4) is 0 Å². The largest absolute Gasteiger partial charge is 0.371 e. The molecule has 1 unspecified atom stereocenters. The van der Waals surface area contributed by atoms with Gasteiger partial charge in [0.15, 0.2) is 4.93 Å². The summed E-state index contributed by atoms with van der Waals surface area (Å²) in [5.74, 6) is 0. The van der Waals surface area contributed by atoms with Crippen molar-refractivity contribution in [1.82, 2.24) is 0 Å². The number of allylic oxidation sites excluding steroid dienone is 1. The van der Waals surface area contributed by atoms with E-state index < -0.39 is 24.6 Å². The van der Waals surface area contributed by atoms with E-state index in [1.54, 1.807) is 36.4 Å². The average molecular weight is 376 g/mol. The van der Waals surface area contributed by atoms with Crippen molar-refractivity contribution in [3.05, 3.63) is 83.8 Å². The van der Waals surface area contributed by atoms with Gasteiger partial charge < -0.3 is 5.11 Å². The molecule has 0 radical (unpaired) electrons. The van der Waals surface area contributed by atoms with Crippen LogP contribution in [0.1, 0.15) is 6.42 Å². The molecule has 25 heavy (non-hydrogen) atoms. The van der Waals surface area contributed by atoms with Gasteiger partial charge in [0.2, 0.25) is 19.7 Å². The Bertz CT molecular complexity index is 1040. The highest BCUT2D eigenvalue weighted by atomic mass is 32.2. The summed E-state index contributed by atoms with van der Waals surface area (Å²) in [6, 6.07) is 15.4. The fraction of sp³-hybridized carbons (Fsp3) is 0.111. The van der Waals surface area contributed by atoms with Crippen LogP contribution in [0.25, 0.3) is 0 Å². The molecule has 0 heterocycles. The minimum atomic E-state index is -4.07. The summed E-state index contributed by atoms with van der Waals surface area (Å²) >= 11 is 0. The summed E-state index contributed by atoms with van der Waals surface area (Å²) < 4.78 is 50.4. The van der Waals surface area contributed by atoms with Crippen LogP contribution in [0.2, 0.25) is 0 Å². The van der Waals surface area contributed by atoms with Gasteiger partial charge in [-0.25, -0.2) is 16.8 Å². The van der Waals surface area contributed by atoms with E-state index in [4.69, 9.17) is 0 Å². The molecule has 0 saturated carbocycles. The van der Waals surface area contributed by atoms with E-state index in [1.807, 2.05) is 0 Å². The fourth-order valence-electron chi connectivity index (χ4n) is 2.53. The van der Waals surface area contributed by atoms with Crippen LogP contribution in [-0.4, -0.2) is 26.9 Å². The minimum Gasteiger partial charge on any atom is -0.371 e. The van der Waals surface area contributed by atoms with Crippen molar-refractivity contribution in [3.8, 4) is 0 Å². The standard InChI is InChI=1S/C18H16O5S2/c19-18(25(22,23)17-9-5-2-6-10-17)13-11-16(12-14-18)24(20,21)15-7-3-1-4-8-15/h1-13,19H,14H2. The third-order valence-electron chi connectivity index (χ3n) is 3.99. The Balaban J connectivity index is 1.94. The normalized spacial score (nSPS) is 20.9. The van der Waals surface area contributed by atoms with Crippen molar-refractivity contribution in [2.75, 3.05) is 0 Å². The number of sulfone groups is 2. The maximum atomic E-state index is 12.7. The molecular weight excluding hydrogens is 360 g/mol. The lowest BCUT2D eigenvalue weighted by atomic mass is 10.1. The SMILES string of the molecule is O=S(=O)(C1=CCC(O)(S(=O)(=O)c2ccccc2)C=C1)c1ccccc1. The van der Waals surface area contributed by atoms with Gasteiger partial charge in [-0.1, -0.05) is 42.5 Å². The van der Waals surface area contributed by atoms with E-state index in [2.05, 4.69) is 0 Å². The number of hydrogen-bond acceptors (Lipinski definition) is 5. The van der Waals surface area contributed by atoms with E-state index in [9.17, 15) is 21.9 Å². The van der Waals surface area contributed by atoms with Crippen LogP contribution >= 0.6 is 0 Å². The summed E-state index contributed by atoms with van der Waals surface area (Å²) in [6.07, 6.45) is 3.07. The first-order valence-corrected chi connectivity index (χ1v) is 10.5. The molecule has 0 bridgehead atoms. The van der Waals surface area contributed by atoms with Gasteiger partial charge in [-0.15, -0.1) is 0 Å². The lowest BCUT2D eigenvalue weighted by Gasteiger charge is -2.26. The van der Waals surface area contributed by atoms with Crippen LogP contribution in [0.5, 0.6) is 0 Å². The highest BCUT2D eigenvalue weighted by Crippen LogP contribution is 2.34. The van der Waals surface area contributed by atoms with E-state index in [0.717, 1.165) is 12.2 Å². The molecule has 3 rings (SSSR count). The van der Waals surface area contributed by atoms with Crippen molar-refractivity contribution < 1.29 is 21.9 Å². The molecule has 1 aliphatic rings. The second kappa shape index (κ2) is 6.25. The first kappa shape index (κ1) is 17.6. The zero-order chi connectivity index (χ0) is 18.1. The first-order valence-electron chi connectivity index (χ1n) is 7.49. The van der Waals surface area contributed by atoms with E-state index >= 15 is 0 Å². The quantitative estimate of drug-likeness (QED) is 0.885. The monoisotopic (exact) mass is 376 g/mol. The van der Waals surface area contributed by atoms with Gasteiger partial charge in [-0.05, 0) is 36.4 Å². The summed E-state index contributed by atoms with van der Waals surface area (Å²) in [6.45, 7) is 0. The Kier molecular flexibility index (Phi) is 4.40. The van der Waals surface area contributed by atoms with Gasteiger partial charge >= 0.3 is 0 Å². The lowest BCUT2D eigenvalue weighted by molar-refractivity contribution is 0.175. The lowest BCUT2D eigenvalue weighted by Crippen LogP contribution is -2.37. The van der Waals surface area contributed by atoms with Crippen molar-refractivity contribution in [2.45, 2.75) is 21.1 Å². The third-order valence-corrected chi connectivity index (χ3v) is 7.93. The summed E-state index contributed by atoms with van der Waals surface area (Å²) in [4.78, 5) is -2.12. The highest BCUT2D eigenvalue weighted by molar-refractivity contribution is 7.95. The molecule has 0 spiro atoms. The topological polar surface area (TPSA) is 88.5 Å². The van der Waals surface area contributed by atoms with Crippen LogP contribution in [0.15, 0.2) is 93.6 Å². The number of hydrogen-bond donors (Lipinski definition) is 1. The molecule has 1 atom stereocenters. The van der Waals surface area contributed by atoms with E-state index in [-0.39, 0.29) is 21.1 Å². The Morgan fingerprint density at radius 2 is 1.32 bits per heavy atom. The van der Waals surface area contributed by atoms with Crippen molar-refractivity contribution >= 4 is 19.7 Å². The van der Waals surface area contributed by atoms with Crippen molar-refractivity contribution in [1.29, 1.82) is 0 Å². The predicted octanol–water partition coefficient (Wildman–Crippen LogP) is 2.47. The second-order valence-electron chi connectivity index (χ2n) is 5.62. The van der Waals surface area contributed by atoms with Gasteiger partial charge in [-0.3, -0.25) is 0 Å². The zero-order valence-corrected chi connectivity index (χ0v) is 14.7.